The van der Waals surface area contributed by atoms with Gasteiger partial charge in [-0.25, -0.2) is 0 Å². The van der Waals surface area contributed by atoms with E-state index in [1.807, 2.05) is 10.6 Å². The van der Waals surface area contributed by atoms with Gasteiger partial charge in [0.05, 0.1) is 5.56 Å². The van der Waals surface area contributed by atoms with Crippen molar-refractivity contribution in [3.8, 4) is 6.07 Å². The summed E-state index contributed by atoms with van der Waals surface area (Å²) in [5, 5.41) is 10.2. The van der Waals surface area contributed by atoms with Crippen molar-refractivity contribution >= 4 is 19.0 Å². The number of nitrogens with one attached hydrogen (secondary N) is 1. The SMILES string of the molecule is C[C@H]1CCCN(Cc2cc3c(C#N)c[nH]c(=O)c3n2COCC[Si](C)(C)C)C1. The molecule has 7 heteroatoms. The third-order valence-electron chi connectivity index (χ3n) is 5.50. The standard InChI is InChI=1S/C21H32N4O2Si/c1-16-6-5-7-24(13-16)14-18-10-19-17(11-22)12-23-21(26)20(19)25(18)15-27-8-9-28(2,3)4/h10,12,16H,5-9,13-15H2,1-4H3,(H,23,26)/t16-/m0/s1. The van der Waals surface area contributed by atoms with Gasteiger partial charge in [0.25, 0.3) is 5.56 Å². The molecule has 28 heavy (non-hydrogen) atoms. The van der Waals surface area contributed by atoms with Crippen LogP contribution in [0, 0.1) is 17.2 Å². The molecule has 0 bridgehead atoms. The van der Waals surface area contributed by atoms with Crippen LogP contribution in [0.3, 0.4) is 0 Å². The number of rotatable bonds is 7. The van der Waals surface area contributed by atoms with Crippen LogP contribution in [0.15, 0.2) is 17.1 Å². The number of nitrogens with zero attached hydrogens (tertiary/aromatic N) is 3. The second kappa shape index (κ2) is 8.64. The Bertz CT molecular complexity index is 919. The largest absolute Gasteiger partial charge is 0.361 e. The molecule has 3 rings (SSSR count). The number of nitriles is 1. The van der Waals surface area contributed by atoms with Gasteiger partial charge >= 0.3 is 0 Å². The fourth-order valence-electron chi connectivity index (χ4n) is 3.90. The molecule has 0 aromatic carbocycles. The first kappa shape index (κ1) is 20.8. The van der Waals surface area contributed by atoms with Gasteiger partial charge in [-0.15, -0.1) is 0 Å². The second-order valence-electron chi connectivity index (χ2n) is 9.30. The Morgan fingerprint density at radius 2 is 2.18 bits per heavy atom. The van der Waals surface area contributed by atoms with Crippen LogP contribution in [-0.4, -0.2) is 42.2 Å². The van der Waals surface area contributed by atoms with Crippen LogP contribution in [0.1, 0.15) is 31.0 Å². The average molecular weight is 401 g/mol. The number of ether oxygens (including phenoxy) is 1. The average Bonchev–Trinajstić information content (AvgIpc) is 2.97. The number of piperidine rings is 1. The zero-order valence-electron chi connectivity index (χ0n) is 17.5. The molecule has 1 aliphatic rings. The van der Waals surface area contributed by atoms with E-state index in [0.717, 1.165) is 36.8 Å². The second-order valence-corrected chi connectivity index (χ2v) is 14.9. The van der Waals surface area contributed by atoms with E-state index in [1.54, 1.807) is 0 Å². The molecule has 1 N–H and O–H groups in total. The van der Waals surface area contributed by atoms with Crippen LogP contribution < -0.4 is 5.56 Å². The van der Waals surface area contributed by atoms with Crippen LogP contribution in [0.2, 0.25) is 25.7 Å². The molecule has 1 atom stereocenters. The lowest BCUT2D eigenvalue weighted by molar-refractivity contribution is 0.0848. The predicted molar refractivity (Wildman–Crippen MR) is 115 cm³/mol. The highest BCUT2D eigenvalue weighted by Crippen LogP contribution is 2.24. The van der Waals surface area contributed by atoms with Crippen LogP contribution in [0.25, 0.3) is 10.9 Å². The summed E-state index contributed by atoms with van der Waals surface area (Å²) in [4.78, 5) is 17.7. The molecule has 152 valence electrons. The minimum absolute atomic E-state index is 0.166. The molecule has 1 saturated heterocycles. The lowest BCUT2D eigenvalue weighted by Gasteiger charge is -2.31. The van der Waals surface area contributed by atoms with Crippen molar-refractivity contribution in [1.29, 1.82) is 5.26 Å². The van der Waals surface area contributed by atoms with Gasteiger partial charge in [0.1, 0.15) is 18.3 Å². The molecule has 0 unspecified atom stereocenters. The van der Waals surface area contributed by atoms with E-state index in [4.69, 9.17) is 4.74 Å². The Balaban J connectivity index is 1.90. The third-order valence-corrected chi connectivity index (χ3v) is 7.20. The Morgan fingerprint density at radius 3 is 2.86 bits per heavy atom. The van der Waals surface area contributed by atoms with Crippen molar-refractivity contribution in [3.05, 3.63) is 33.9 Å². The number of aromatic amines is 1. The fourth-order valence-corrected chi connectivity index (χ4v) is 4.66. The minimum atomic E-state index is -1.17. The zero-order valence-corrected chi connectivity index (χ0v) is 18.5. The number of likely N-dealkylation sites (tertiary alicyclic amines) is 1. The minimum Gasteiger partial charge on any atom is -0.361 e. The van der Waals surface area contributed by atoms with Crippen molar-refractivity contribution < 1.29 is 4.74 Å². The van der Waals surface area contributed by atoms with Crippen LogP contribution >= 0.6 is 0 Å². The molecular weight excluding hydrogens is 368 g/mol. The lowest BCUT2D eigenvalue weighted by Crippen LogP contribution is -2.34. The van der Waals surface area contributed by atoms with Gasteiger partial charge in [-0.1, -0.05) is 26.6 Å². The summed E-state index contributed by atoms with van der Waals surface area (Å²) >= 11 is 0. The number of pyridine rings is 1. The van der Waals surface area contributed by atoms with E-state index < -0.39 is 8.07 Å². The van der Waals surface area contributed by atoms with E-state index in [0.29, 0.717) is 30.3 Å². The molecule has 3 heterocycles. The molecule has 0 amide bonds. The maximum Gasteiger partial charge on any atom is 0.272 e. The van der Waals surface area contributed by atoms with Crippen molar-refractivity contribution in [2.24, 2.45) is 5.92 Å². The first-order valence-corrected chi connectivity index (χ1v) is 13.9. The summed E-state index contributed by atoms with van der Waals surface area (Å²) < 4.78 is 7.96. The summed E-state index contributed by atoms with van der Waals surface area (Å²) in [5.41, 5.74) is 1.93. The molecule has 0 spiro atoms. The Hall–Kier alpha value is -1.88. The van der Waals surface area contributed by atoms with E-state index in [9.17, 15) is 10.1 Å². The number of aromatic nitrogens is 2. The summed E-state index contributed by atoms with van der Waals surface area (Å²) in [6, 6.07) is 5.30. The molecule has 6 nitrogen and oxygen atoms in total. The highest BCUT2D eigenvalue weighted by molar-refractivity contribution is 6.76. The van der Waals surface area contributed by atoms with E-state index >= 15 is 0 Å². The van der Waals surface area contributed by atoms with Crippen molar-refractivity contribution in [1.82, 2.24) is 14.5 Å². The molecule has 0 aliphatic carbocycles. The maximum atomic E-state index is 12.6. The number of hydrogen-bond acceptors (Lipinski definition) is 4. The van der Waals surface area contributed by atoms with Gasteiger partial charge in [-0.05, 0) is 37.4 Å². The molecule has 0 radical (unpaired) electrons. The summed E-state index contributed by atoms with van der Waals surface area (Å²) in [6.07, 6.45) is 3.99. The normalized spacial score (nSPS) is 18.5. The van der Waals surface area contributed by atoms with Crippen molar-refractivity contribution in [3.63, 3.8) is 0 Å². The Kier molecular flexibility index (Phi) is 6.43. The van der Waals surface area contributed by atoms with Crippen molar-refractivity contribution in [2.75, 3.05) is 19.7 Å². The first-order valence-electron chi connectivity index (χ1n) is 10.2. The first-order chi connectivity index (χ1) is 13.3. The summed E-state index contributed by atoms with van der Waals surface area (Å²) in [7, 11) is -1.17. The van der Waals surface area contributed by atoms with Crippen LogP contribution in [0.4, 0.5) is 0 Å². The van der Waals surface area contributed by atoms with Gasteiger partial charge in [-0.2, -0.15) is 5.26 Å². The van der Waals surface area contributed by atoms with Crippen molar-refractivity contribution in [2.45, 2.75) is 58.7 Å². The van der Waals surface area contributed by atoms with Gasteiger partial charge in [-0.3, -0.25) is 9.69 Å². The molecule has 2 aromatic rings. The van der Waals surface area contributed by atoms with Gasteiger partial charge in [0, 0.05) is 45.0 Å². The predicted octanol–water partition coefficient (Wildman–Crippen LogP) is 3.75. The Morgan fingerprint density at radius 1 is 1.39 bits per heavy atom. The highest BCUT2D eigenvalue weighted by Gasteiger charge is 2.21. The smallest absolute Gasteiger partial charge is 0.272 e. The quantitative estimate of drug-likeness (QED) is 0.567. The molecular formula is C21H32N4O2Si. The van der Waals surface area contributed by atoms with E-state index in [1.165, 1.54) is 19.0 Å². The third kappa shape index (κ3) is 4.93. The van der Waals surface area contributed by atoms with Gasteiger partial charge in [0.15, 0.2) is 0 Å². The molecule has 1 fully saturated rings. The van der Waals surface area contributed by atoms with E-state index in [2.05, 4.69) is 42.5 Å². The van der Waals surface area contributed by atoms with Crippen LogP contribution in [-0.2, 0) is 18.0 Å². The maximum absolute atomic E-state index is 12.6. The molecule has 2 aromatic heterocycles. The number of hydrogen-bond donors (Lipinski definition) is 1. The number of fused-ring (bicyclic) bond motifs is 1. The lowest BCUT2D eigenvalue weighted by atomic mass is 10.0. The number of H-pyrrole nitrogens is 1. The van der Waals surface area contributed by atoms with E-state index in [-0.39, 0.29) is 5.56 Å². The zero-order chi connectivity index (χ0) is 20.3. The topological polar surface area (TPSA) is 74.0 Å². The monoisotopic (exact) mass is 400 g/mol. The Labute approximate surface area is 168 Å². The highest BCUT2D eigenvalue weighted by atomic mass is 28.3. The summed E-state index contributed by atoms with van der Waals surface area (Å²) in [5.74, 6) is 0.692. The van der Waals surface area contributed by atoms with Gasteiger partial charge in [0.2, 0.25) is 0 Å². The fraction of sp³-hybridized carbons (Fsp3) is 0.619. The van der Waals surface area contributed by atoms with Crippen LogP contribution in [0.5, 0.6) is 0 Å². The molecule has 1 aliphatic heterocycles. The van der Waals surface area contributed by atoms with Gasteiger partial charge < -0.3 is 14.3 Å². The molecule has 0 saturated carbocycles. The summed E-state index contributed by atoms with van der Waals surface area (Å²) in [6.45, 7) is 13.2.